The Hall–Kier alpha value is -3.14. The molecule has 1 aromatic heterocycles. The predicted molar refractivity (Wildman–Crippen MR) is 107 cm³/mol. The first-order valence-electron chi connectivity index (χ1n) is 9.38. The number of hydrazine groups is 1. The number of alkyl halides is 2. The molecule has 30 heavy (non-hydrogen) atoms. The van der Waals surface area contributed by atoms with Crippen LogP contribution in [0.5, 0.6) is 0 Å². The summed E-state index contributed by atoms with van der Waals surface area (Å²) in [7, 11) is 1.52. The van der Waals surface area contributed by atoms with Crippen LogP contribution in [0.3, 0.4) is 0 Å². The zero-order valence-corrected chi connectivity index (χ0v) is 16.4. The lowest BCUT2D eigenvalue weighted by molar-refractivity contribution is -0.118. The lowest BCUT2D eigenvalue weighted by atomic mass is 9.83. The number of amides is 1. The molecule has 0 spiro atoms. The molecular weight excluding hydrogens is 397 g/mol. The van der Waals surface area contributed by atoms with Gasteiger partial charge in [-0.3, -0.25) is 4.79 Å². The Morgan fingerprint density at radius 2 is 2.00 bits per heavy atom. The number of nitrogens with one attached hydrogen (secondary N) is 1. The zero-order valence-electron chi connectivity index (χ0n) is 16.4. The highest BCUT2D eigenvalue weighted by atomic mass is 19.3. The fraction of sp³-hybridized carbons (Fsp3) is 0.350. The SMILES string of the molecule is CN(N)/N=C(\N)c1ccc(C(C(=O)Nc2ccc(F)nc2)C2CCC(F)(F)C2)cc1. The van der Waals surface area contributed by atoms with Crippen molar-refractivity contribution in [2.45, 2.75) is 31.1 Å². The van der Waals surface area contributed by atoms with Crippen LogP contribution in [0.15, 0.2) is 47.7 Å². The highest BCUT2D eigenvalue weighted by Crippen LogP contribution is 2.45. The lowest BCUT2D eigenvalue weighted by Gasteiger charge is -2.23. The van der Waals surface area contributed by atoms with Gasteiger partial charge in [0.15, 0.2) is 5.84 Å². The number of halogens is 3. The zero-order chi connectivity index (χ0) is 21.9. The molecule has 1 aromatic carbocycles. The van der Waals surface area contributed by atoms with Crippen molar-refractivity contribution in [3.63, 3.8) is 0 Å². The maximum Gasteiger partial charge on any atom is 0.248 e. The minimum absolute atomic E-state index is 0.178. The number of hydrogen-bond acceptors (Lipinski definition) is 5. The van der Waals surface area contributed by atoms with E-state index in [-0.39, 0.29) is 30.8 Å². The Bertz CT molecular complexity index is 915. The third-order valence-corrected chi connectivity index (χ3v) is 5.02. The van der Waals surface area contributed by atoms with Crippen LogP contribution in [0.4, 0.5) is 18.9 Å². The number of carbonyl (C=O) groups excluding carboxylic acids is 1. The van der Waals surface area contributed by atoms with E-state index in [1.807, 2.05) is 0 Å². The van der Waals surface area contributed by atoms with Crippen molar-refractivity contribution in [1.82, 2.24) is 10.1 Å². The van der Waals surface area contributed by atoms with Crippen LogP contribution in [-0.4, -0.2) is 34.8 Å². The minimum Gasteiger partial charge on any atom is -0.382 e. The molecule has 1 saturated carbocycles. The van der Waals surface area contributed by atoms with E-state index in [9.17, 15) is 18.0 Å². The van der Waals surface area contributed by atoms with Crippen LogP contribution >= 0.6 is 0 Å². The third-order valence-electron chi connectivity index (χ3n) is 5.02. The molecule has 1 heterocycles. The van der Waals surface area contributed by atoms with Crippen molar-refractivity contribution >= 4 is 17.4 Å². The number of pyridine rings is 1. The molecule has 1 aliphatic rings. The van der Waals surface area contributed by atoms with Crippen molar-refractivity contribution in [3.05, 3.63) is 59.7 Å². The summed E-state index contributed by atoms with van der Waals surface area (Å²) in [5.41, 5.74) is 7.30. The van der Waals surface area contributed by atoms with Crippen molar-refractivity contribution in [1.29, 1.82) is 0 Å². The maximum absolute atomic E-state index is 13.9. The summed E-state index contributed by atoms with van der Waals surface area (Å²) in [6, 6.07) is 9.12. The van der Waals surface area contributed by atoms with E-state index in [0.717, 1.165) is 11.2 Å². The van der Waals surface area contributed by atoms with Gasteiger partial charge in [0.2, 0.25) is 17.8 Å². The fourth-order valence-corrected chi connectivity index (χ4v) is 3.67. The van der Waals surface area contributed by atoms with Crippen LogP contribution in [-0.2, 0) is 4.79 Å². The van der Waals surface area contributed by atoms with Gasteiger partial charge in [-0.15, -0.1) is 5.10 Å². The van der Waals surface area contributed by atoms with Gasteiger partial charge in [-0.1, -0.05) is 24.3 Å². The first-order valence-corrected chi connectivity index (χ1v) is 9.38. The largest absolute Gasteiger partial charge is 0.382 e. The molecule has 160 valence electrons. The standard InChI is InChI=1S/C20H23F3N6O/c1-29(25)28-18(24)13-4-2-12(3-5-13)17(14-8-9-20(22,23)10-14)19(30)27-15-6-7-16(21)26-11-15/h2-7,11,14,17H,8-10,25H2,1H3,(H2,24,28)(H,27,30). The molecule has 1 fully saturated rings. The van der Waals surface area contributed by atoms with Crippen LogP contribution in [0, 0.1) is 11.9 Å². The highest BCUT2D eigenvalue weighted by Gasteiger charge is 2.45. The molecule has 2 atom stereocenters. The highest BCUT2D eigenvalue weighted by molar-refractivity contribution is 5.98. The Balaban J connectivity index is 1.87. The molecule has 0 saturated heterocycles. The minimum atomic E-state index is -2.80. The van der Waals surface area contributed by atoms with Crippen LogP contribution in [0.2, 0.25) is 0 Å². The number of amidine groups is 1. The average Bonchev–Trinajstić information content (AvgIpc) is 3.03. The van der Waals surface area contributed by atoms with Crippen molar-refractivity contribution in [3.8, 4) is 0 Å². The molecule has 1 aliphatic carbocycles. The number of benzene rings is 1. The van der Waals surface area contributed by atoms with E-state index in [4.69, 9.17) is 11.6 Å². The predicted octanol–water partition coefficient (Wildman–Crippen LogP) is 2.80. The molecule has 3 rings (SSSR count). The summed E-state index contributed by atoms with van der Waals surface area (Å²) in [5, 5.41) is 7.62. The molecule has 10 heteroatoms. The number of anilines is 1. The van der Waals surface area contributed by atoms with E-state index in [0.29, 0.717) is 11.1 Å². The van der Waals surface area contributed by atoms with E-state index >= 15 is 0 Å². The van der Waals surface area contributed by atoms with Crippen molar-refractivity contribution in [2.75, 3.05) is 12.4 Å². The molecular formula is C20H23F3N6O. The normalized spacial score (nSPS) is 19.4. The van der Waals surface area contributed by atoms with E-state index in [1.165, 1.54) is 19.3 Å². The quantitative estimate of drug-likeness (QED) is 0.219. The monoisotopic (exact) mass is 420 g/mol. The van der Waals surface area contributed by atoms with Gasteiger partial charge in [-0.05, 0) is 30.0 Å². The van der Waals surface area contributed by atoms with E-state index < -0.39 is 29.6 Å². The lowest BCUT2D eigenvalue weighted by Crippen LogP contribution is -2.28. The number of hydrazone groups is 1. The maximum atomic E-state index is 13.9. The molecule has 1 amide bonds. The van der Waals surface area contributed by atoms with Crippen LogP contribution in [0.25, 0.3) is 0 Å². The topological polar surface area (TPSA) is 110 Å². The van der Waals surface area contributed by atoms with E-state index in [2.05, 4.69) is 15.4 Å². The molecule has 0 bridgehead atoms. The molecule has 7 nitrogen and oxygen atoms in total. The summed E-state index contributed by atoms with van der Waals surface area (Å²) in [6.07, 6.45) is 0.753. The first kappa shape index (κ1) is 21.6. The summed E-state index contributed by atoms with van der Waals surface area (Å²) < 4.78 is 40.8. The molecule has 2 unspecified atom stereocenters. The molecule has 0 radical (unpaired) electrons. The van der Waals surface area contributed by atoms with Gasteiger partial charge in [0.25, 0.3) is 0 Å². The second kappa shape index (κ2) is 8.70. The number of aromatic nitrogens is 1. The number of nitrogens with two attached hydrogens (primary N) is 2. The van der Waals surface area contributed by atoms with Gasteiger partial charge in [0.05, 0.1) is 17.8 Å². The number of nitrogens with zero attached hydrogens (tertiary/aromatic N) is 3. The van der Waals surface area contributed by atoms with E-state index in [1.54, 1.807) is 24.3 Å². The Labute approximate surface area is 171 Å². The molecule has 0 aliphatic heterocycles. The number of rotatable bonds is 6. The third kappa shape index (κ3) is 5.26. The van der Waals surface area contributed by atoms with Gasteiger partial charge in [-0.25, -0.2) is 24.7 Å². The second-order valence-corrected chi connectivity index (χ2v) is 7.38. The van der Waals surface area contributed by atoms with Gasteiger partial charge < -0.3 is 11.1 Å². The first-order chi connectivity index (χ1) is 14.1. The number of hydrogen-bond donors (Lipinski definition) is 3. The molecule has 5 N–H and O–H groups in total. The summed E-state index contributed by atoms with van der Waals surface area (Å²) >= 11 is 0. The Morgan fingerprint density at radius 3 is 2.53 bits per heavy atom. The summed E-state index contributed by atoms with van der Waals surface area (Å²) in [4.78, 5) is 16.5. The second-order valence-electron chi connectivity index (χ2n) is 7.38. The summed E-state index contributed by atoms with van der Waals surface area (Å²) in [5.74, 6) is 0.336. The van der Waals surface area contributed by atoms with Gasteiger partial charge in [-0.2, -0.15) is 4.39 Å². The smallest absolute Gasteiger partial charge is 0.248 e. The van der Waals surface area contributed by atoms with Gasteiger partial charge >= 0.3 is 0 Å². The van der Waals surface area contributed by atoms with Gasteiger partial charge in [0, 0.05) is 25.5 Å². The van der Waals surface area contributed by atoms with Crippen LogP contribution < -0.4 is 16.9 Å². The Kier molecular flexibility index (Phi) is 6.25. The van der Waals surface area contributed by atoms with Gasteiger partial charge in [0.1, 0.15) is 0 Å². The Morgan fingerprint density at radius 1 is 1.30 bits per heavy atom. The summed E-state index contributed by atoms with van der Waals surface area (Å²) in [6.45, 7) is 0. The molecule has 2 aromatic rings. The van der Waals surface area contributed by atoms with Crippen LogP contribution in [0.1, 0.15) is 36.3 Å². The number of carbonyl (C=O) groups is 1. The fourth-order valence-electron chi connectivity index (χ4n) is 3.67. The average molecular weight is 420 g/mol. The van der Waals surface area contributed by atoms with Crippen molar-refractivity contribution < 1.29 is 18.0 Å². The van der Waals surface area contributed by atoms with Crippen molar-refractivity contribution in [2.24, 2.45) is 22.6 Å².